The molecule has 1 aromatic carbocycles. The van der Waals surface area contributed by atoms with Gasteiger partial charge in [0.25, 0.3) is 0 Å². The summed E-state index contributed by atoms with van der Waals surface area (Å²) in [4.78, 5) is 4.13. The van der Waals surface area contributed by atoms with Crippen molar-refractivity contribution in [1.82, 2.24) is 9.55 Å². The Morgan fingerprint density at radius 2 is 2.00 bits per heavy atom. The lowest BCUT2D eigenvalue weighted by molar-refractivity contribution is 0.473. The van der Waals surface area contributed by atoms with E-state index in [1.54, 1.807) is 24.7 Å². The first-order chi connectivity index (χ1) is 9.75. The van der Waals surface area contributed by atoms with Gasteiger partial charge < -0.3 is 9.67 Å². The number of allylic oxidation sites excluding steroid dienone is 1. The fourth-order valence-corrected chi connectivity index (χ4v) is 2.99. The molecule has 0 bridgehead atoms. The molecule has 1 aliphatic carbocycles. The number of aromatic hydroxyl groups is 1. The van der Waals surface area contributed by atoms with Crippen LogP contribution >= 0.6 is 11.6 Å². The molecule has 0 atom stereocenters. The molecule has 1 aromatic heterocycles. The summed E-state index contributed by atoms with van der Waals surface area (Å²) >= 11 is 6.10. The summed E-state index contributed by atoms with van der Waals surface area (Å²) in [6.45, 7) is 0. The van der Waals surface area contributed by atoms with Crippen LogP contribution in [0.4, 0.5) is 0 Å². The highest BCUT2D eigenvalue weighted by atomic mass is 35.5. The van der Waals surface area contributed by atoms with E-state index in [4.69, 9.17) is 11.6 Å². The lowest BCUT2D eigenvalue weighted by Crippen LogP contribution is -2.05. The third-order valence-corrected chi connectivity index (χ3v) is 4.00. The number of phenols is 1. The smallest absolute Gasteiger partial charge is 0.125 e. The van der Waals surface area contributed by atoms with Crippen LogP contribution in [-0.2, 0) is 0 Å². The summed E-state index contributed by atoms with van der Waals surface area (Å²) in [5, 5.41) is 10.8. The predicted octanol–water partition coefficient (Wildman–Crippen LogP) is 4.47. The molecule has 0 unspecified atom stereocenters. The molecular formula is C16H17ClN2O. The number of phenolic OH excluding ortho intramolecular Hbond substituents is 1. The summed E-state index contributed by atoms with van der Waals surface area (Å²) in [5.41, 5.74) is 3.18. The quantitative estimate of drug-likeness (QED) is 0.885. The molecule has 0 saturated heterocycles. The number of benzene rings is 1. The van der Waals surface area contributed by atoms with Crippen molar-refractivity contribution in [2.45, 2.75) is 32.1 Å². The van der Waals surface area contributed by atoms with Crippen LogP contribution in [0.1, 0.15) is 37.7 Å². The molecule has 0 aliphatic heterocycles. The minimum absolute atomic E-state index is 0.260. The summed E-state index contributed by atoms with van der Waals surface area (Å²) in [6, 6.07) is 5.18. The Kier molecular flexibility index (Phi) is 3.79. The molecule has 1 aliphatic rings. The zero-order valence-corrected chi connectivity index (χ0v) is 12.0. The van der Waals surface area contributed by atoms with Crippen molar-refractivity contribution in [1.29, 1.82) is 0 Å². The van der Waals surface area contributed by atoms with E-state index in [9.17, 15) is 5.11 Å². The average molecular weight is 289 g/mol. The summed E-state index contributed by atoms with van der Waals surface area (Å²) in [5.74, 6) is 0.260. The van der Waals surface area contributed by atoms with Gasteiger partial charge in [-0.3, -0.25) is 0 Å². The number of nitrogens with zero attached hydrogens (tertiary/aromatic N) is 2. The summed E-state index contributed by atoms with van der Waals surface area (Å²) < 4.78 is 1.98. The monoisotopic (exact) mass is 288 g/mol. The molecule has 1 N–H and O–H groups in total. The van der Waals surface area contributed by atoms with Gasteiger partial charge in [0, 0.05) is 23.0 Å². The van der Waals surface area contributed by atoms with Gasteiger partial charge in [-0.25, -0.2) is 4.98 Å². The number of hydrogen-bond donors (Lipinski definition) is 1. The fraction of sp³-hybridized carbons (Fsp3) is 0.312. The van der Waals surface area contributed by atoms with Crippen LogP contribution in [0.25, 0.3) is 5.70 Å². The van der Waals surface area contributed by atoms with Crippen molar-refractivity contribution in [2.24, 2.45) is 0 Å². The van der Waals surface area contributed by atoms with E-state index >= 15 is 0 Å². The van der Waals surface area contributed by atoms with E-state index in [0.717, 1.165) is 24.1 Å². The Hall–Kier alpha value is -1.74. The molecule has 3 nitrogen and oxygen atoms in total. The number of halogens is 1. The van der Waals surface area contributed by atoms with Gasteiger partial charge in [-0.1, -0.05) is 18.0 Å². The first-order valence-electron chi connectivity index (χ1n) is 6.95. The Labute approximate surface area is 123 Å². The van der Waals surface area contributed by atoms with E-state index in [2.05, 4.69) is 4.98 Å². The van der Waals surface area contributed by atoms with Gasteiger partial charge in [-0.05, 0) is 49.5 Å². The maximum Gasteiger partial charge on any atom is 0.125 e. The topological polar surface area (TPSA) is 38.0 Å². The Morgan fingerprint density at radius 1 is 1.20 bits per heavy atom. The maximum atomic E-state index is 10.2. The second kappa shape index (κ2) is 5.71. The number of imidazole rings is 1. The van der Waals surface area contributed by atoms with Crippen molar-refractivity contribution >= 4 is 17.3 Å². The van der Waals surface area contributed by atoms with Crippen LogP contribution in [0.5, 0.6) is 5.75 Å². The minimum atomic E-state index is 0.260. The Balaban J connectivity index is 2.17. The molecule has 4 heteroatoms. The highest BCUT2D eigenvalue weighted by Crippen LogP contribution is 2.36. The van der Waals surface area contributed by atoms with E-state index in [1.165, 1.54) is 24.8 Å². The minimum Gasteiger partial charge on any atom is -0.507 e. The number of rotatable bonds is 2. The third kappa shape index (κ3) is 2.59. The first kappa shape index (κ1) is 13.3. The lowest BCUT2D eigenvalue weighted by Gasteiger charge is -2.21. The molecule has 104 valence electrons. The summed E-state index contributed by atoms with van der Waals surface area (Å²) in [7, 11) is 0. The molecule has 1 heterocycles. The molecule has 0 radical (unpaired) electrons. The Morgan fingerprint density at radius 3 is 2.70 bits per heavy atom. The van der Waals surface area contributed by atoms with Crippen molar-refractivity contribution in [2.75, 3.05) is 0 Å². The van der Waals surface area contributed by atoms with Crippen LogP contribution in [-0.4, -0.2) is 14.7 Å². The van der Waals surface area contributed by atoms with E-state index < -0.39 is 0 Å². The van der Waals surface area contributed by atoms with E-state index in [0.29, 0.717) is 5.02 Å². The Bertz CT molecular complexity index is 624. The standard InChI is InChI=1S/C16H17ClN2O/c17-13-6-7-15(20)14(10-13)16(19-9-8-18-11-19)12-4-2-1-3-5-12/h6-11,20H,1-5H2. The third-order valence-electron chi connectivity index (χ3n) is 3.77. The van der Waals surface area contributed by atoms with Crippen LogP contribution in [0, 0.1) is 0 Å². The lowest BCUT2D eigenvalue weighted by atomic mass is 9.91. The maximum absolute atomic E-state index is 10.2. The molecular weight excluding hydrogens is 272 g/mol. The molecule has 0 amide bonds. The van der Waals surface area contributed by atoms with Gasteiger partial charge in [0.15, 0.2) is 0 Å². The highest BCUT2D eigenvalue weighted by molar-refractivity contribution is 6.30. The van der Waals surface area contributed by atoms with E-state index in [1.807, 2.05) is 16.8 Å². The summed E-state index contributed by atoms with van der Waals surface area (Å²) in [6.07, 6.45) is 11.3. The van der Waals surface area contributed by atoms with Crippen LogP contribution in [0.2, 0.25) is 5.02 Å². The first-order valence-corrected chi connectivity index (χ1v) is 7.33. The largest absolute Gasteiger partial charge is 0.507 e. The molecule has 2 aromatic rings. The second-order valence-electron chi connectivity index (χ2n) is 5.14. The molecule has 3 rings (SSSR count). The normalized spacial score (nSPS) is 15.3. The number of hydrogen-bond acceptors (Lipinski definition) is 2. The van der Waals surface area contributed by atoms with Crippen molar-refractivity contribution < 1.29 is 5.11 Å². The zero-order valence-electron chi connectivity index (χ0n) is 11.2. The van der Waals surface area contributed by atoms with Gasteiger partial charge in [0.2, 0.25) is 0 Å². The second-order valence-corrected chi connectivity index (χ2v) is 5.58. The van der Waals surface area contributed by atoms with Crippen molar-refractivity contribution in [3.05, 3.63) is 53.1 Å². The molecule has 0 spiro atoms. The molecule has 1 fully saturated rings. The molecule has 1 saturated carbocycles. The van der Waals surface area contributed by atoms with Crippen LogP contribution in [0.3, 0.4) is 0 Å². The van der Waals surface area contributed by atoms with Crippen LogP contribution in [0.15, 0.2) is 42.5 Å². The van der Waals surface area contributed by atoms with Gasteiger partial charge in [0.05, 0.1) is 12.0 Å². The number of aromatic nitrogens is 2. The van der Waals surface area contributed by atoms with Gasteiger partial charge in [-0.15, -0.1) is 0 Å². The van der Waals surface area contributed by atoms with Crippen molar-refractivity contribution in [3.63, 3.8) is 0 Å². The van der Waals surface area contributed by atoms with Crippen LogP contribution < -0.4 is 0 Å². The van der Waals surface area contributed by atoms with Gasteiger partial charge in [0.1, 0.15) is 5.75 Å². The average Bonchev–Trinajstić information content (AvgIpc) is 2.98. The molecule has 20 heavy (non-hydrogen) atoms. The predicted molar refractivity (Wildman–Crippen MR) is 80.7 cm³/mol. The van der Waals surface area contributed by atoms with Gasteiger partial charge in [-0.2, -0.15) is 0 Å². The SMILES string of the molecule is Oc1ccc(Cl)cc1C(=C1CCCCC1)n1ccnc1. The fourth-order valence-electron chi connectivity index (χ4n) is 2.82. The van der Waals surface area contributed by atoms with Gasteiger partial charge >= 0.3 is 0 Å². The van der Waals surface area contributed by atoms with Crippen molar-refractivity contribution in [3.8, 4) is 5.75 Å². The highest BCUT2D eigenvalue weighted by Gasteiger charge is 2.17. The zero-order chi connectivity index (χ0) is 13.9. The van der Waals surface area contributed by atoms with E-state index in [-0.39, 0.29) is 5.75 Å².